The van der Waals surface area contributed by atoms with Gasteiger partial charge in [-0.3, -0.25) is 0 Å². The summed E-state index contributed by atoms with van der Waals surface area (Å²) in [7, 11) is 0. The first kappa shape index (κ1) is 24.1. The standard InChI is InChI=1S/C27H33N3O3/c1-6-30(26-13-12-20(16-28-26)27(31)32)24-14-22(19(4)5)25(33-17-18(2)3)15-23(24)29-21-10-8-7-9-11-21/h7-16,18-19,29H,6,17H2,1-5H3,(H,31,32). The summed E-state index contributed by atoms with van der Waals surface area (Å²) in [4.78, 5) is 17.8. The van der Waals surface area contributed by atoms with Crippen LogP contribution in [0.2, 0.25) is 0 Å². The van der Waals surface area contributed by atoms with Gasteiger partial charge in [0.2, 0.25) is 0 Å². The molecule has 2 N–H and O–H groups in total. The second-order valence-corrected chi connectivity index (χ2v) is 8.71. The molecule has 3 rings (SSSR count). The Bertz CT molecular complexity index is 1060. The molecule has 0 radical (unpaired) electrons. The lowest BCUT2D eigenvalue weighted by molar-refractivity contribution is 0.0696. The molecule has 0 bridgehead atoms. The zero-order valence-corrected chi connectivity index (χ0v) is 20.0. The van der Waals surface area contributed by atoms with E-state index in [0.29, 0.717) is 24.9 Å². The van der Waals surface area contributed by atoms with Crippen molar-refractivity contribution in [2.24, 2.45) is 5.92 Å². The Hall–Kier alpha value is -3.54. The van der Waals surface area contributed by atoms with Gasteiger partial charge in [-0.1, -0.05) is 45.9 Å². The summed E-state index contributed by atoms with van der Waals surface area (Å²) in [5.74, 6) is 1.24. The lowest BCUT2D eigenvalue weighted by Gasteiger charge is -2.28. The predicted octanol–water partition coefficient (Wildman–Crippen LogP) is 6.84. The minimum atomic E-state index is -0.989. The minimum Gasteiger partial charge on any atom is -0.493 e. The van der Waals surface area contributed by atoms with Crippen molar-refractivity contribution in [3.8, 4) is 5.75 Å². The average molecular weight is 448 g/mol. The van der Waals surface area contributed by atoms with Gasteiger partial charge in [0.05, 0.1) is 23.5 Å². The molecule has 0 fully saturated rings. The highest BCUT2D eigenvalue weighted by molar-refractivity contribution is 5.88. The monoisotopic (exact) mass is 447 g/mol. The van der Waals surface area contributed by atoms with Gasteiger partial charge in [-0.25, -0.2) is 9.78 Å². The van der Waals surface area contributed by atoms with E-state index in [1.165, 1.54) is 6.20 Å². The number of nitrogens with zero attached hydrogens (tertiary/aromatic N) is 2. The molecule has 0 spiro atoms. The van der Waals surface area contributed by atoms with Crippen LogP contribution in [0.4, 0.5) is 22.9 Å². The number of anilines is 4. The molecule has 0 aliphatic heterocycles. The fourth-order valence-electron chi connectivity index (χ4n) is 3.55. The van der Waals surface area contributed by atoms with E-state index in [1.54, 1.807) is 12.1 Å². The highest BCUT2D eigenvalue weighted by Gasteiger charge is 2.20. The molecule has 6 nitrogen and oxygen atoms in total. The highest BCUT2D eigenvalue weighted by atomic mass is 16.5. The van der Waals surface area contributed by atoms with Gasteiger partial charge in [0.15, 0.2) is 0 Å². The maximum Gasteiger partial charge on any atom is 0.337 e. The molecule has 3 aromatic rings. The van der Waals surface area contributed by atoms with Crippen molar-refractivity contribution >= 4 is 28.8 Å². The lowest BCUT2D eigenvalue weighted by Crippen LogP contribution is -2.20. The fourth-order valence-corrected chi connectivity index (χ4v) is 3.55. The summed E-state index contributed by atoms with van der Waals surface area (Å²) < 4.78 is 6.22. The van der Waals surface area contributed by atoms with Crippen LogP contribution in [0, 0.1) is 5.92 Å². The molecule has 0 saturated heterocycles. The molecule has 1 heterocycles. The molecular formula is C27H33N3O3. The summed E-state index contributed by atoms with van der Waals surface area (Å²) in [6.07, 6.45) is 1.40. The number of carbonyl (C=O) groups is 1. The van der Waals surface area contributed by atoms with Gasteiger partial charge >= 0.3 is 5.97 Å². The predicted molar refractivity (Wildman–Crippen MR) is 134 cm³/mol. The molecule has 0 aliphatic carbocycles. The number of carboxylic acid groups (broad SMARTS) is 1. The van der Waals surface area contributed by atoms with Crippen LogP contribution in [0.15, 0.2) is 60.8 Å². The van der Waals surface area contributed by atoms with Gasteiger partial charge in [-0.05, 0) is 54.7 Å². The molecule has 0 atom stereocenters. The maximum absolute atomic E-state index is 11.3. The highest BCUT2D eigenvalue weighted by Crippen LogP contribution is 2.41. The smallest absolute Gasteiger partial charge is 0.337 e. The van der Waals surface area contributed by atoms with Crippen LogP contribution < -0.4 is 15.0 Å². The zero-order valence-electron chi connectivity index (χ0n) is 20.0. The Labute approximate surface area is 196 Å². The number of aromatic carboxylic acids is 1. The first-order valence-corrected chi connectivity index (χ1v) is 11.4. The molecule has 1 aromatic heterocycles. The molecule has 174 valence electrons. The van der Waals surface area contributed by atoms with Crippen LogP contribution in [0.25, 0.3) is 0 Å². The van der Waals surface area contributed by atoms with E-state index in [4.69, 9.17) is 4.74 Å². The Morgan fingerprint density at radius 2 is 1.82 bits per heavy atom. The van der Waals surface area contributed by atoms with Gasteiger partial charge in [0.1, 0.15) is 11.6 Å². The second-order valence-electron chi connectivity index (χ2n) is 8.71. The SMILES string of the molecule is CCN(c1ccc(C(=O)O)cn1)c1cc(C(C)C)c(OCC(C)C)cc1Nc1ccccc1. The Kier molecular flexibility index (Phi) is 7.93. The van der Waals surface area contributed by atoms with Crippen LogP contribution >= 0.6 is 0 Å². The maximum atomic E-state index is 11.3. The van der Waals surface area contributed by atoms with E-state index in [0.717, 1.165) is 28.4 Å². The summed E-state index contributed by atoms with van der Waals surface area (Å²) >= 11 is 0. The van der Waals surface area contributed by atoms with Crippen LogP contribution in [-0.2, 0) is 0 Å². The van der Waals surface area contributed by atoms with Crippen molar-refractivity contribution in [2.75, 3.05) is 23.4 Å². The quantitative estimate of drug-likeness (QED) is 0.354. The van der Waals surface area contributed by atoms with Gasteiger partial charge < -0.3 is 20.1 Å². The van der Waals surface area contributed by atoms with Gasteiger partial charge in [0.25, 0.3) is 0 Å². The number of rotatable bonds is 10. The molecule has 0 amide bonds. The summed E-state index contributed by atoms with van der Waals surface area (Å²) in [5, 5.41) is 12.8. The molecule has 33 heavy (non-hydrogen) atoms. The van der Waals surface area contributed by atoms with Gasteiger partial charge in [-0.15, -0.1) is 0 Å². The van der Waals surface area contributed by atoms with Gasteiger partial charge in [-0.2, -0.15) is 0 Å². The van der Waals surface area contributed by atoms with Gasteiger partial charge in [0, 0.05) is 24.5 Å². The Morgan fingerprint density at radius 1 is 1.09 bits per heavy atom. The van der Waals surface area contributed by atoms with Crippen molar-refractivity contribution in [3.05, 3.63) is 71.9 Å². The van der Waals surface area contributed by atoms with E-state index < -0.39 is 5.97 Å². The molecule has 0 unspecified atom stereocenters. The van der Waals surface area contributed by atoms with Crippen LogP contribution in [0.3, 0.4) is 0 Å². The molecule has 0 aliphatic rings. The Morgan fingerprint density at radius 3 is 2.36 bits per heavy atom. The number of para-hydroxylation sites is 1. The molecule has 6 heteroatoms. The molecule has 2 aromatic carbocycles. The first-order valence-electron chi connectivity index (χ1n) is 11.4. The summed E-state index contributed by atoms with van der Waals surface area (Å²) in [5.41, 5.74) is 4.10. The van der Waals surface area contributed by atoms with E-state index >= 15 is 0 Å². The lowest BCUT2D eigenvalue weighted by atomic mass is 9.99. The van der Waals surface area contributed by atoms with E-state index in [2.05, 4.69) is 62.0 Å². The largest absolute Gasteiger partial charge is 0.493 e. The van der Waals surface area contributed by atoms with Crippen molar-refractivity contribution in [1.82, 2.24) is 4.98 Å². The van der Waals surface area contributed by atoms with Crippen LogP contribution in [-0.4, -0.2) is 29.2 Å². The second kappa shape index (κ2) is 10.9. The third-order valence-electron chi connectivity index (χ3n) is 5.25. The first-order chi connectivity index (χ1) is 15.8. The number of carboxylic acids is 1. The third kappa shape index (κ3) is 6.04. The van der Waals surface area contributed by atoms with Crippen LogP contribution in [0.1, 0.15) is 56.5 Å². The van der Waals surface area contributed by atoms with E-state index in [9.17, 15) is 9.90 Å². The topological polar surface area (TPSA) is 74.7 Å². The normalized spacial score (nSPS) is 11.0. The van der Waals surface area contributed by atoms with Crippen molar-refractivity contribution in [2.45, 2.75) is 40.5 Å². The zero-order chi connectivity index (χ0) is 24.0. The number of aromatic nitrogens is 1. The van der Waals surface area contributed by atoms with Crippen molar-refractivity contribution < 1.29 is 14.6 Å². The number of hydrogen-bond donors (Lipinski definition) is 2. The van der Waals surface area contributed by atoms with Crippen molar-refractivity contribution in [3.63, 3.8) is 0 Å². The van der Waals surface area contributed by atoms with E-state index in [-0.39, 0.29) is 11.5 Å². The fraction of sp³-hybridized carbons (Fsp3) is 0.333. The third-order valence-corrected chi connectivity index (χ3v) is 5.25. The molecular weight excluding hydrogens is 414 g/mol. The number of benzene rings is 2. The summed E-state index contributed by atoms with van der Waals surface area (Å²) in [6, 6.07) is 17.6. The molecule has 0 saturated carbocycles. The van der Waals surface area contributed by atoms with E-state index in [1.807, 2.05) is 30.3 Å². The van der Waals surface area contributed by atoms with Crippen molar-refractivity contribution in [1.29, 1.82) is 0 Å². The van der Waals surface area contributed by atoms with Crippen LogP contribution in [0.5, 0.6) is 5.75 Å². The number of ether oxygens (including phenoxy) is 1. The number of nitrogens with one attached hydrogen (secondary N) is 1. The minimum absolute atomic E-state index is 0.165. The summed E-state index contributed by atoms with van der Waals surface area (Å²) in [6.45, 7) is 11.9. The average Bonchev–Trinajstić information content (AvgIpc) is 2.80. The Balaban J connectivity index is 2.12. The number of hydrogen-bond acceptors (Lipinski definition) is 5. The number of pyridine rings is 1.